The van der Waals surface area contributed by atoms with Gasteiger partial charge in [-0.15, -0.1) is 0 Å². The molecule has 0 bridgehead atoms. The summed E-state index contributed by atoms with van der Waals surface area (Å²) in [5, 5.41) is 0. The van der Waals surface area contributed by atoms with Gasteiger partial charge in [0.05, 0.1) is 11.6 Å². The number of rotatable bonds is 2. The first-order valence-corrected chi connectivity index (χ1v) is 4.44. The average molecular weight is 245 g/mol. The molecule has 4 heteroatoms. The van der Waals surface area contributed by atoms with Crippen LogP contribution >= 0.6 is 15.9 Å². The molecular weight excluding hydrogens is 236 g/mol. The van der Waals surface area contributed by atoms with Gasteiger partial charge in [0.25, 0.3) is 0 Å². The van der Waals surface area contributed by atoms with Crippen molar-refractivity contribution < 1.29 is 14.3 Å². The Morgan fingerprint density at radius 1 is 1.46 bits per heavy atom. The molecule has 0 unspecified atom stereocenters. The molecule has 1 aromatic rings. The van der Waals surface area contributed by atoms with Crippen molar-refractivity contribution in [3.63, 3.8) is 0 Å². The molecule has 3 nitrogen and oxygen atoms in total. The molecule has 0 aliphatic rings. The molecule has 0 aliphatic heterocycles. The summed E-state index contributed by atoms with van der Waals surface area (Å²) in [6, 6.07) is 5.08. The minimum absolute atomic E-state index is 0.336. The molecule has 0 spiro atoms. The number of esters is 1. The van der Waals surface area contributed by atoms with Crippen LogP contribution in [0.25, 0.3) is 0 Å². The Kier molecular flexibility index (Phi) is 3.31. The number of benzene rings is 1. The fourth-order valence-corrected chi connectivity index (χ4v) is 1.40. The molecule has 0 N–H and O–H groups in total. The smallest absolute Gasteiger partial charge is 0.308 e. The van der Waals surface area contributed by atoms with E-state index < -0.39 is 0 Å². The lowest BCUT2D eigenvalue weighted by molar-refractivity contribution is -0.131. The number of hydrogen-bond donors (Lipinski definition) is 0. The number of ether oxygens (including phenoxy) is 2. The quantitative estimate of drug-likeness (QED) is 0.592. The summed E-state index contributed by atoms with van der Waals surface area (Å²) < 4.78 is 10.6. The van der Waals surface area contributed by atoms with Crippen molar-refractivity contribution in [2.24, 2.45) is 0 Å². The Hall–Kier alpha value is -1.03. The third-order valence-electron chi connectivity index (χ3n) is 1.38. The fraction of sp³-hybridized carbons (Fsp3) is 0.222. The van der Waals surface area contributed by atoms with Gasteiger partial charge in [-0.1, -0.05) is 0 Å². The first kappa shape index (κ1) is 10.1. The molecule has 0 aromatic heterocycles. The van der Waals surface area contributed by atoms with Crippen LogP contribution in [-0.4, -0.2) is 13.1 Å². The highest BCUT2D eigenvalue weighted by Gasteiger charge is 2.03. The monoisotopic (exact) mass is 244 g/mol. The number of methoxy groups -OCH3 is 1. The summed E-state index contributed by atoms with van der Waals surface area (Å²) in [6.07, 6.45) is 0. The highest BCUT2D eigenvalue weighted by molar-refractivity contribution is 9.10. The van der Waals surface area contributed by atoms with Crippen LogP contribution in [0, 0.1) is 0 Å². The normalized spacial score (nSPS) is 9.46. The molecule has 1 rings (SSSR count). The van der Waals surface area contributed by atoms with Crippen LogP contribution in [0.1, 0.15) is 6.92 Å². The third-order valence-corrected chi connectivity index (χ3v) is 2.00. The van der Waals surface area contributed by atoms with Gasteiger partial charge >= 0.3 is 5.97 Å². The fourth-order valence-electron chi connectivity index (χ4n) is 0.877. The van der Waals surface area contributed by atoms with Gasteiger partial charge in [-0.05, 0) is 34.1 Å². The van der Waals surface area contributed by atoms with E-state index in [9.17, 15) is 4.79 Å². The zero-order chi connectivity index (χ0) is 9.84. The lowest BCUT2D eigenvalue weighted by Crippen LogP contribution is -2.01. The summed E-state index contributed by atoms with van der Waals surface area (Å²) in [4.78, 5) is 10.6. The van der Waals surface area contributed by atoms with E-state index in [-0.39, 0.29) is 5.97 Å². The maximum Gasteiger partial charge on any atom is 0.308 e. The van der Waals surface area contributed by atoms with Gasteiger partial charge in [0, 0.05) is 6.92 Å². The molecular formula is C9H9BrO3. The van der Waals surface area contributed by atoms with Crippen LogP contribution in [0.3, 0.4) is 0 Å². The second kappa shape index (κ2) is 4.28. The predicted octanol–water partition coefficient (Wildman–Crippen LogP) is 2.38. The zero-order valence-electron chi connectivity index (χ0n) is 7.33. The van der Waals surface area contributed by atoms with Crippen molar-refractivity contribution in [1.82, 2.24) is 0 Å². The molecule has 0 amide bonds. The van der Waals surface area contributed by atoms with E-state index in [4.69, 9.17) is 9.47 Å². The minimum Gasteiger partial charge on any atom is -0.496 e. The van der Waals surface area contributed by atoms with Crippen molar-refractivity contribution in [3.8, 4) is 11.5 Å². The van der Waals surface area contributed by atoms with E-state index in [0.29, 0.717) is 11.5 Å². The van der Waals surface area contributed by atoms with Crippen molar-refractivity contribution in [3.05, 3.63) is 22.7 Å². The first-order chi connectivity index (χ1) is 6.13. The summed E-state index contributed by atoms with van der Waals surface area (Å²) in [7, 11) is 1.57. The molecule has 0 atom stereocenters. The highest BCUT2D eigenvalue weighted by atomic mass is 79.9. The summed E-state index contributed by atoms with van der Waals surface area (Å²) in [5.74, 6) is 0.869. The lowest BCUT2D eigenvalue weighted by atomic mass is 10.3. The van der Waals surface area contributed by atoms with Gasteiger partial charge in [-0.3, -0.25) is 4.79 Å². The third kappa shape index (κ3) is 2.73. The Morgan fingerprint density at radius 2 is 2.15 bits per heavy atom. The van der Waals surface area contributed by atoms with Crippen LogP contribution in [0.5, 0.6) is 11.5 Å². The standard InChI is InChI=1S/C9H9BrO3/c1-6(11)13-7-3-4-9(12-2)8(10)5-7/h3-5H,1-2H3. The number of carbonyl (C=O) groups is 1. The first-order valence-electron chi connectivity index (χ1n) is 3.65. The second-order valence-electron chi connectivity index (χ2n) is 2.39. The van der Waals surface area contributed by atoms with E-state index in [1.54, 1.807) is 25.3 Å². The van der Waals surface area contributed by atoms with Crippen LogP contribution in [0.4, 0.5) is 0 Å². The van der Waals surface area contributed by atoms with Gasteiger partial charge in [0.1, 0.15) is 11.5 Å². The summed E-state index contributed by atoms with van der Waals surface area (Å²) in [5.41, 5.74) is 0. The van der Waals surface area contributed by atoms with Crippen LogP contribution < -0.4 is 9.47 Å². The molecule has 0 saturated carbocycles. The highest BCUT2D eigenvalue weighted by Crippen LogP contribution is 2.28. The Bertz CT molecular complexity index is 323. The van der Waals surface area contributed by atoms with E-state index in [1.165, 1.54) is 6.92 Å². The van der Waals surface area contributed by atoms with Crippen LogP contribution in [0.2, 0.25) is 0 Å². The molecule has 0 aliphatic carbocycles. The number of hydrogen-bond acceptors (Lipinski definition) is 3. The molecule has 70 valence electrons. The number of halogens is 1. The molecule has 13 heavy (non-hydrogen) atoms. The second-order valence-corrected chi connectivity index (χ2v) is 3.24. The predicted molar refractivity (Wildman–Crippen MR) is 52.0 cm³/mol. The Labute approximate surface area is 84.8 Å². The van der Waals surface area contributed by atoms with Crippen molar-refractivity contribution in [2.45, 2.75) is 6.92 Å². The van der Waals surface area contributed by atoms with E-state index in [1.807, 2.05) is 0 Å². The lowest BCUT2D eigenvalue weighted by Gasteiger charge is -2.05. The van der Waals surface area contributed by atoms with Crippen molar-refractivity contribution in [2.75, 3.05) is 7.11 Å². The van der Waals surface area contributed by atoms with Gasteiger partial charge < -0.3 is 9.47 Å². The van der Waals surface area contributed by atoms with Gasteiger partial charge in [-0.25, -0.2) is 0 Å². The van der Waals surface area contributed by atoms with E-state index in [0.717, 1.165) is 4.47 Å². The molecule has 1 aromatic carbocycles. The van der Waals surface area contributed by atoms with Crippen LogP contribution in [-0.2, 0) is 4.79 Å². The van der Waals surface area contributed by atoms with Crippen LogP contribution in [0.15, 0.2) is 22.7 Å². The van der Waals surface area contributed by atoms with Gasteiger partial charge in [0.2, 0.25) is 0 Å². The Balaban J connectivity index is 2.89. The molecule has 0 fully saturated rings. The number of carbonyl (C=O) groups excluding carboxylic acids is 1. The summed E-state index contributed by atoms with van der Waals surface area (Å²) >= 11 is 3.28. The molecule has 0 heterocycles. The van der Waals surface area contributed by atoms with E-state index >= 15 is 0 Å². The van der Waals surface area contributed by atoms with Gasteiger partial charge in [-0.2, -0.15) is 0 Å². The van der Waals surface area contributed by atoms with Crippen molar-refractivity contribution >= 4 is 21.9 Å². The summed E-state index contributed by atoms with van der Waals surface area (Å²) in [6.45, 7) is 1.36. The Morgan fingerprint density at radius 3 is 2.62 bits per heavy atom. The average Bonchev–Trinajstić information content (AvgIpc) is 2.03. The van der Waals surface area contributed by atoms with Gasteiger partial charge in [0.15, 0.2) is 0 Å². The molecule has 0 saturated heterocycles. The van der Waals surface area contributed by atoms with Crippen molar-refractivity contribution in [1.29, 1.82) is 0 Å². The zero-order valence-corrected chi connectivity index (χ0v) is 8.92. The minimum atomic E-state index is -0.336. The topological polar surface area (TPSA) is 35.5 Å². The van der Waals surface area contributed by atoms with E-state index in [2.05, 4.69) is 15.9 Å². The maximum absolute atomic E-state index is 10.6. The molecule has 0 radical (unpaired) electrons. The largest absolute Gasteiger partial charge is 0.496 e. The SMILES string of the molecule is COc1ccc(OC(C)=O)cc1Br. The maximum atomic E-state index is 10.6.